The molecule has 0 aliphatic carbocycles. The van der Waals surface area contributed by atoms with Crippen LogP contribution in [0.15, 0.2) is 48.5 Å². The number of carbonyl (C=O) groups is 2. The molecule has 1 aliphatic rings. The number of halogens is 1. The van der Waals surface area contributed by atoms with Gasteiger partial charge in [0.1, 0.15) is 5.82 Å². The average Bonchev–Trinajstić information content (AvgIpc) is 3.17. The number of benzene rings is 2. The van der Waals surface area contributed by atoms with Crippen molar-refractivity contribution in [3.63, 3.8) is 0 Å². The third-order valence-electron chi connectivity index (χ3n) is 5.80. The van der Waals surface area contributed by atoms with Gasteiger partial charge >= 0.3 is 0 Å². The molecular weight excluding hydrogens is 383 g/mol. The number of carbonyl (C=O) groups excluding carboxylic acids is 2. The van der Waals surface area contributed by atoms with Crippen molar-refractivity contribution in [2.45, 2.75) is 19.3 Å². The number of amides is 2. The van der Waals surface area contributed by atoms with E-state index in [-0.39, 0.29) is 17.6 Å². The van der Waals surface area contributed by atoms with Crippen LogP contribution < -0.4 is 0 Å². The van der Waals surface area contributed by atoms with Gasteiger partial charge in [0.2, 0.25) is 11.8 Å². The second-order valence-electron chi connectivity index (χ2n) is 8.10. The lowest BCUT2D eigenvalue weighted by atomic mass is 9.77. The molecule has 0 aromatic heterocycles. The summed E-state index contributed by atoms with van der Waals surface area (Å²) in [5.74, 6) is -0.304. The van der Waals surface area contributed by atoms with Gasteiger partial charge in [0.25, 0.3) is 0 Å². The van der Waals surface area contributed by atoms with Crippen molar-refractivity contribution in [2.24, 2.45) is 5.41 Å². The molecule has 1 fully saturated rings. The number of ether oxygens (including phenoxy) is 1. The number of hydrogen-bond donors (Lipinski definition) is 0. The van der Waals surface area contributed by atoms with Crippen molar-refractivity contribution < 1.29 is 18.7 Å². The van der Waals surface area contributed by atoms with Crippen LogP contribution in [0, 0.1) is 11.2 Å². The Hall–Kier alpha value is -2.73. The molecule has 2 aromatic carbocycles. The molecule has 0 radical (unpaired) electrons. The van der Waals surface area contributed by atoms with Gasteiger partial charge < -0.3 is 14.5 Å². The predicted octanol–water partition coefficient (Wildman–Crippen LogP) is 3.38. The third kappa shape index (κ3) is 4.54. The lowest BCUT2D eigenvalue weighted by Crippen LogP contribution is -2.44. The quantitative estimate of drug-likeness (QED) is 0.701. The molecule has 6 heteroatoms. The van der Waals surface area contributed by atoms with Crippen molar-refractivity contribution in [1.82, 2.24) is 9.80 Å². The standard InChI is InChI=1S/C24H29FN2O3/c1-26(2)23(29)24(13-14-27(17-24)22(28)12-15-30-3)16-18-8-4-5-9-19(18)20-10-6-7-11-21(20)25/h4-11H,12-17H2,1-3H3/t24-/m0/s1. The minimum atomic E-state index is -0.729. The van der Waals surface area contributed by atoms with Gasteiger partial charge in [-0.1, -0.05) is 42.5 Å². The van der Waals surface area contributed by atoms with Crippen LogP contribution in [0.1, 0.15) is 18.4 Å². The van der Waals surface area contributed by atoms with E-state index in [2.05, 4.69) is 0 Å². The molecule has 3 rings (SSSR count). The number of rotatable bonds is 7. The SMILES string of the molecule is COCCC(=O)N1CC[C@@](Cc2ccccc2-c2ccccc2F)(C(=O)N(C)C)C1. The van der Waals surface area contributed by atoms with Gasteiger partial charge in [-0.3, -0.25) is 9.59 Å². The van der Waals surface area contributed by atoms with Gasteiger partial charge in [-0.15, -0.1) is 0 Å². The van der Waals surface area contributed by atoms with Crippen LogP contribution in [0.4, 0.5) is 4.39 Å². The minimum absolute atomic E-state index is 0.00659. The molecular formula is C24H29FN2O3. The van der Waals surface area contributed by atoms with E-state index in [1.165, 1.54) is 6.07 Å². The summed E-state index contributed by atoms with van der Waals surface area (Å²) < 4.78 is 19.5. The monoisotopic (exact) mass is 412 g/mol. The molecule has 1 saturated heterocycles. The molecule has 0 bridgehead atoms. The second-order valence-corrected chi connectivity index (χ2v) is 8.10. The number of hydrogen-bond acceptors (Lipinski definition) is 3. The van der Waals surface area contributed by atoms with Crippen molar-refractivity contribution in [3.8, 4) is 11.1 Å². The first-order chi connectivity index (χ1) is 14.4. The van der Waals surface area contributed by atoms with Crippen molar-refractivity contribution in [1.29, 1.82) is 0 Å². The Morgan fingerprint density at radius 3 is 2.43 bits per heavy atom. The fourth-order valence-corrected chi connectivity index (χ4v) is 4.28. The molecule has 1 aliphatic heterocycles. The Balaban J connectivity index is 1.94. The highest BCUT2D eigenvalue weighted by Gasteiger charge is 2.46. The maximum absolute atomic E-state index is 14.5. The second kappa shape index (κ2) is 9.39. The van der Waals surface area contributed by atoms with Gasteiger partial charge in [-0.05, 0) is 30.0 Å². The normalized spacial score (nSPS) is 18.5. The average molecular weight is 413 g/mol. The highest BCUT2D eigenvalue weighted by Crippen LogP contribution is 2.39. The van der Waals surface area contributed by atoms with Gasteiger partial charge in [0, 0.05) is 39.9 Å². The van der Waals surface area contributed by atoms with Gasteiger partial charge in [0.05, 0.1) is 18.4 Å². The van der Waals surface area contributed by atoms with Crippen LogP contribution in [0.3, 0.4) is 0 Å². The summed E-state index contributed by atoms with van der Waals surface area (Å²) in [6.07, 6.45) is 1.32. The molecule has 160 valence electrons. The Labute approximate surface area is 177 Å². The van der Waals surface area contributed by atoms with Crippen molar-refractivity contribution in [3.05, 3.63) is 59.9 Å². The van der Waals surface area contributed by atoms with Crippen molar-refractivity contribution >= 4 is 11.8 Å². The molecule has 0 spiro atoms. The lowest BCUT2D eigenvalue weighted by molar-refractivity contribution is -0.139. The van der Waals surface area contributed by atoms with Crippen LogP contribution in [0.25, 0.3) is 11.1 Å². The van der Waals surface area contributed by atoms with E-state index in [9.17, 15) is 14.0 Å². The van der Waals surface area contributed by atoms with Crippen LogP contribution in [0.2, 0.25) is 0 Å². The predicted molar refractivity (Wildman–Crippen MR) is 114 cm³/mol. The summed E-state index contributed by atoms with van der Waals surface area (Å²) in [5.41, 5.74) is 1.48. The summed E-state index contributed by atoms with van der Waals surface area (Å²) in [7, 11) is 5.04. The summed E-state index contributed by atoms with van der Waals surface area (Å²) in [5, 5.41) is 0. The highest BCUT2D eigenvalue weighted by atomic mass is 19.1. The van der Waals surface area contributed by atoms with Gasteiger partial charge in [0.15, 0.2) is 0 Å². The molecule has 1 atom stereocenters. The Bertz CT molecular complexity index is 915. The topological polar surface area (TPSA) is 49.9 Å². The van der Waals surface area contributed by atoms with Crippen LogP contribution in [0.5, 0.6) is 0 Å². The molecule has 2 amide bonds. The first-order valence-electron chi connectivity index (χ1n) is 10.2. The number of nitrogens with zero attached hydrogens (tertiary/aromatic N) is 2. The maximum Gasteiger partial charge on any atom is 0.230 e. The van der Waals surface area contributed by atoms with E-state index < -0.39 is 5.41 Å². The summed E-state index contributed by atoms with van der Waals surface area (Å²) >= 11 is 0. The minimum Gasteiger partial charge on any atom is -0.384 e. The van der Waals surface area contributed by atoms with E-state index in [4.69, 9.17) is 4.74 Å². The van der Waals surface area contributed by atoms with Crippen molar-refractivity contribution in [2.75, 3.05) is 40.9 Å². The zero-order valence-electron chi connectivity index (χ0n) is 17.9. The number of likely N-dealkylation sites (tertiary alicyclic amines) is 1. The summed E-state index contributed by atoms with van der Waals surface area (Å²) in [6, 6.07) is 14.3. The fraction of sp³-hybridized carbons (Fsp3) is 0.417. The molecule has 0 unspecified atom stereocenters. The highest BCUT2D eigenvalue weighted by molar-refractivity contribution is 5.86. The first-order valence-corrected chi connectivity index (χ1v) is 10.2. The zero-order chi connectivity index (χ0) is 21.7. The fourth-order valence-electron chi connectivity index (χ4n) is 4.28. The number of methoxy groups -OCH3 is 1. The van der Waals surface area contributed by atoms with Crippen LogP contribution in [-0.4, -0.2) is 62.5 Å². The Kier molecular flexibility index (Phi) is 6.87. The van der Waals surface area contributed by atoms with E-state index in [1.807, 2.05) is 30.3 Å². The zero-order valence-corrected chi connectivity index (χ0v) is 17.9. The van der Waals surface area contributed by atoms with E-state index in [0.29, 0.717) is 44.5 Å². The molecule has 0 saturated carbocycles. The first kappa shape index (κ1) is 22.0. The smallest absolute Gasteiger partial charge is 0.230 e. The maximum atomic E-state index is 14.5. The van der Waals surface area contributed by atoms with E-state index in [1.54, 1.807) is 43.1 Å². The van der Waals surface area contributed by atoms with E-state index in [0.717, 1.165) is 11.1 Å². The lowest BCUT2D eigenvalue weighted by Gasteiger charge is -2.32. The molecule has 1 heterocycles. The Morgan fingerprint density at radius 2 is 1.77 bits per heavy atom. The van der Waals surface area contributed by atoms with Gasteiger partial charge in [-0.25, -0.2) is 4.39 Å². The van der Waals surface area contributed by atoms with E-state index >= 15 is 0 Å². The van der Waals surface area contributed by atoms with Gasteiger partial charge in [-0.2, -0.15) is 0 Å². The molecule has 5 nitrogen and oxygen atoms in total. The molecule has 0 N–H and O–H groups in total. The molecule has 2 aromatic rings. The Morgan fingerprint density at radius 1 is 1.10 bits per heavy atom. The summed E-state index contributed by atoms with van der Waals surface area (Å²) in [6.45, 7) is 1.25. The molecule has 30 heavy (non-hydrogen) atoms. The van der Waals surface area contributed by atoms with Crippen LogP contribution >= 0.6 is 0 Å². The third-order valence-corrected chi connectivity index (χ3v) is 5.80. The van der Waals surface area contributed by atoms with Crippen LogP contribution in [-0.2, 0) is 20.7 Å². The largest absolute Gasteiger partial charge is 0.384 e. The summed E-state index contributed by atoms with van der Waals surface area (Å²) in [4.78, 5) is 29.1.